The largest absolute Gasteiger partial charge is 0.508 e. The van der Waals surface area contributed by atoms with Crippen LogP contribution in [0.15, 0.2) is 78.9 Å². The normalized spacial score (nSPS) is 21.6. The third-order valence-electron chi connectivity index (χ3n) is 11.1. The van der Waals surface area contributed by atoms with Gasteiger partial charge in [0.05, 0.1) is 18.7 Å². The van der Waals surface area contributed by atoms with Gasteiger partial charge in [-0.25, -0.2) is 0 Å². The maximum absolute atomic E-state index is 14.2. The quantitative estimate of drug-likeness (QED) is 0.213. The summed E-state index contributed by atoms with van der Waals surface area (Å²) in [5, 5.41) is 12.7. The predicted octanol–water partition coefficient (Wildman–Crippen LogP) is 4.06. The van der Waals surface area contributed by atoms with E-state index in [0.717, 1.165) is 48.2 Å². The van der Waals surface area contributed by atoms with Gasteiger partial charge in [0.1, 0.15) is 11.5 Å². The van der Waals surface area contributed by atoms with Gasteiger partial charge in [-0.05, 0) is 98.9 Å². The number of nitrogens with one attached hydrogen (secondary N) is 1. The highest BCUT2D eigenvalue weighted by molar-refractivity contribution is 6.36. The van der Waals surface area contributed by atoms with Crippen molar-refractivity contribution < 1.29 is 29.0 Å². The molecule has 3 heterocycles. The van der Waals surface area contributed by atoms with Crippen LogP contribution in [0.5, 0.6) is 11.5 Å². The summed E-state index contributed by atoms with van der Waals surface area (Å²) in [7, 11) is 0. The molecule has 0 bridgehead atoms. The van der Waals surface area contributed by atoms with Crippen LogP contribution in [-0.4, -0.2) is 118 Å². The lowest BCUT2D eigenvalue weighted by atomic mass is 9.96. The molecule has 6 rings (SSSR count). The summed E-state index contributed by atoms with van der Waals surface area (Å²) in [6.45, 7) is 9.85. The molecule has 3 aromatic rings. The summed E-state index contributed by atoms with van der Waals surface area (Å²) >= 11 is 0. The van der Waals surface area contributed by atoms with Gasteiger partial charge < -0.3 is 29.9 Å². The van der Waals surface area contributed by atoms with Gasteiger partial charge in [0.25, 0.3) is 0 Å². The number of benzene rings is 3. The lowest BCUT2D eigenvalue weighted by Crippen LogP contribution is -2.64. The first-order valence-electron chi connectivity index (χ1n) is 19.6. The summed E-state index contributed by atoms with van der Waals surface area (Å²) in [5.41, 5.74) is 3.14. The molecule has 0 saturated carbocycles. The minimum Gasteiger partial charge on any atom is -0.508 e. The second-order valence-corrected chi connectivity index (χ2v) is 15.4. The van der Waals surface area contributed by atoms with Crippen LogP contribution in [0.25, 0.3) is 0 Å². The number of carbonyl (C=O) groups excluding carboxylic acids is 4. The van der Waals surface area contributed by atoms with E-state index in [0.29, 0.717) is 58.6 Å². The Bertz CT molecular complexity index is 1730. The van der Waals surface area contributed by atoms with Crippen molar-refractivity contribution in [1.29, 1.82) is 0 Å². The number of hydrogen-bond acceptors (Lipinski definition) is 7. The molecule has 4 amide bonds. The molecule has 0 radical (unpaired) electrons. The minimum absolute atomic E-state index is 0.0294. The lowest BCUT2D eigenvalue weighted by molar-refractivity contribution is -0.161. The van der Waals surface area contributed by atoms with E-state index in [-0.39, 0.29) is 35.8 Å². The monoisotopic (exact) mass is 737 g/mol. The molecule has 3 saturated heterocycles. The lowest BCUT2D eigenvalue weighted by Gasteiger charge is -2.46. The van der Waals surface area contributed by atoms with Crippen molar-refractivity contribution in [3.63, 3.8) is 0 Å². The van der Waals surface area contributed by atoms with Gasteiger partial charge in [0, 0.05) is 44.8 Å². The topological polar surface area (TPSA) is 123 Å². The molecule has 3 aromatic carbocycles. The molecule has 4 atom stereocenters. The second kappa shape index (κ2) is 18.0. The SMILES string of the molecule is CCOc1ccc(CCN2C(=O)C(=O)N([C@@H](CC(C)C)CN3CCC[C@H]3CN3C(=O)C(=O)NC[C@@H]3Cc3ccccc3)C[C@@H]2Cc2ccc(O)cc2)cc1. The van der Waals surface area contributed by atoms with Gasteiger partial charge in [0.15, 0.2) is 0 Å². The van der Waals surface area contributed by atoms with Gasteiger partial charge >= 0.3 is 23.6 Å². The van der Waals surface area contributed by atoms with Crippen molar-refractivity contribution >= 4 is 23.6 Å². The van der Waals surface area contributed by atoms with E-state index in [9.17, 15) is 24.3 Å². The number of carbonyl (C=O) groups is 4. The van der Waals surface area contributed by atoms with Gasteiger partial charge in [-0.1, -0.05) is 68.4 Å². The maximum atomic E-state index is 14.2. The first kappa shape index (κ1) is 38.8. The number of aromatic hydroxyl groups is 1. The van der Waals surface area contributed by atoms with Crippen LogP contribution in [0.2, 0.25) is 0 Å². The van der Waals surface area contributed by atoms with E-state index in [1.54, 1.807) is 21.9 Å². The molecule has 288 valence electrons. The summed E-state index contributed by atoms with van der Waals surface area (Å²) in [6.07, 6.45) is 4.35. The zero-order chi connectivity index (χ0) is 38.2. The Morgan fingerprint density at radius 1 is 0.796 bits per heavy atom. The van der Waals surface area contributed by atoms with E-state index in [1.807, 2.05) is 78.6 Å². The van der Waals surface area contributed by atoms with Crippen molar-refractivity contribution in [1.82, 2.24) is 24.9 Å². The number of rotatable bonds is 16. The fourth-order valence-electron chi connectivity index (χ4n) is 8.34. The average molecular weight is 738 g/mol. The van der Waals surface area contributed by atoms with Crippen molar-refractivity contribution in [3.8, 4) is 11.5 Å². The van der Waals surface area contributed by atoms with Crippen LogP contribution in [0, 0.1) is 5.92 Å². The van der Waals surface area contributed by atoms with Gasteiger partial charge in [-0.15, -0.1) is 0 Å². The number of phenolic OH excluding ortho intramolecular Hbond substituents is 1. The Balaban J connectivity index is 1.20. The fourth-order valence-corrected chi connectivity index (χ4v) is 8.34. The summed E-state index contributed by atoms with van der Waals surface area (Å²) in [6, 6.07) is 24.4. The molecule has 3 fully saturated rings. The van der Waals surface area contributed by atoms with Crippen molar-refractivity contribution in [3.05, 3.63) is 95.6 Å². The zero-order valence-electron chi connectivity index (χ0n) is 31.9. The molecular weight excluding hydrogens is 683 g/mol. The highest BCUT2D eigenvalue weighted by Gasteiger charge is 2.44. The molecule has 3 aliphatic rings. The third-order valence-corrected chi connectivity index (χ3v) is 11.1. The number of hydrogen-bond donors (Lipinski definition) is 2. The van der Waals surface area contributed by atoms with Crippen molar-refractivity contribution in [2.24, 2.45) is 5.92 Å². The van der Waals surface area contributed by atoms with Crippen LogP contribution >= 0.6 is 0 Å². The Kier molecular flexibility index (Phi) is 12.9. The smallest absolute Gasteiger partial charge is 0.312 e. The van der Waals surface area contributed by atoms with Crippen molar-refractivity contribution in [2.45, 2.75) is 83.5 Å². The van der Waals surface area contributed by atoms with E-state index in [2.05, 4.69) is 24.1 Å². The standard InChI is InChI=1S/C43H55N5O6/c1-4-54-39-18-14-31(15-19-39)20-22-46-37(25-33-12-16-38(49)17-13-33)29-48(43(53)42(46)52)36(23-30(2)3)27-45-21-8-11-34(45)28-47-35(26-44-40(50)41(47)51)24-32-9-6-5-7-10-32/h5-7,9-10,12-19,30,34-37,49H,4,8,11,20-29H2,1-3H3,(H,44,50)/t34-,35-,36-,37-/m0/s1. The maximum Gasteiger partial charge on any atom is 0.312 e. The summed E-state index contributed by atoms with van der Waals surface area (Å²) in [5.74, 6) is -0.777. The first-order valence-corrected chi connectivity index (χ1v) is 19.6. The highest BCUT2D eigenvalue weighted by atomic mass is 16.5. The Morgan fingerprint density at radius 3 is 2.19 bits per heavy atom. The highest BCUT2D eigenvalue weighted by Crippen LogP contribution is 2.28. The third kappa shape index (κ3) is 9.60. The van der Waals surface area contributed by atoms with E-state index in [4.69, 9.17) is 4.74 Å². The van der Waals surface area contributed by atoms with E-state index < -0.39 is 23.6 Å². The molecular formula is C43H55N5O6. The second-order valence-electron chi connectivity index (χ2n) is 15.4. The molecule has 0 aromatic heterocycles. The summed E-state index contributed by atoms with van der Waals surface area (Å²) < 4.78 is 5.60. The van der Waals surface area contributed by atoms with Crippen LogP contribution < -0.4 is 10.1 Å². The van der Waals surface area contributed by atoms with Crippen molar-refractivity contribution in [2.75, 3.05) is 45.9 Å². The number of nitrogens with zero attached hydrogens (tertiary/aromatic N) is 4. The fraction of sp³-hybridized carbons (Fsp3) is 0.488. The van der Waals surface area contributed by atoms with Gasteiger partial charge in [-0.2, -0.15) is 0 Å². The number of ether oxygens (including phenoxy) is 1. The van der Waals surface area contributed by atoms with Crippen LogP contribution in [0.4, 0.5) is 0 Å². The molecule has 0 aliphatic carbocycles. The Hall–Kier alpha value is -4.90. The Morgan fingerprint density at radius 2 is 1.48 bits per heavy atom. The molecule has 0 spiro atoms. The summed E-state index contributed by atoms with van der Waals surface area (Å²) in [4.78, 5) is 61.9. The molecule has 2 N–H and O–H groups in total. The molecule has 0 unspecified atom stereocenters. The first-order chi connectivity index (χ1) is 26.1. The number of phenols is 1. The number of piperazine rings is 2. The van der Waals surface area contributed by atoms with E-state index in [1.165, 1.54) is 0 Å². The predicted molar refractivity (Wildman–Crippen MR) is 207 cm³/mol. The van der Waals surface area contributed by atoms with Crippen LogP contribution in [0.3, 0.4) is 0 Å². The van der Waals surface area contributed by atoms with Crippen LogP contribution in [-0.2, 0) is 38.4 Å². The minimum atomic E-state index is -0.564. The average Bonchev–Trinajstić information content (AvgIpc) is 3.60. The Labute approximate surface area is 319 Å². The van der Waals surface area contributed by atoms with Gasteiger partial charge in [0.2, 0.25) is 0 Å². The number of likely N-dealkylation sites (tertiary alicyclic amines) is 1. The number of amides is 4. The van der Waals surface area contributed by atoms with E-state index >= 15 is 0 Å². The van der Waals surface area contributed by atoms with Gasteiger partial charge in [-0.3, -0.25) is 24.1 Å². The zero-order valence-corrected chi connectivity index (χ0v) is 31.9. The molecule has 54 heavy (non-hydrogen) atoms. The van der Waals surface area contributed by atoms with Crippen LogP contribution in [0.1, 0.15) is 56.7 Å². The molecule has 3 aliphatic heterocycles. The molecule has 11 nitrogen and oxygen atoms in total. The molecule has 11 heteroatoms.